The van der Waals surface area contributed by atoms with Gasteiger partial charge in [-0.05, 0) is 24.6 Å². The second-order valence-corrected chi connectivity index (χ2v) is 7.62. The van der Waals surface area contributed by atoms with Gasteiger partial charge in [-0.2, -0.15) is 0 Å². The summed E-state index contributed by atoms with van der Waals surface area (Å²) >= 11 is 13.1. The Bertz CT molecular complexity index is 1040. The number of nitro benzene ring substituents is 1. The number of nitrogens with zero attached hydrogens (tertiary/aromatic N) is 2. The molecule has 0 aliphatic rings. The van der Waals surface area contributed by atoms with Crippen LogP contribution in [0.5, 0.6) is 5.75 Å². The Morgan fingerprint density at radius 2 is 2.07 bits per heavy atom. The predicted octanol–water partition coefficient (Wildman–Crippen LogP) is 5.82. The average Bonchev–Trinajstić information content (AvgIpc) is 3.15. The van der Waals surface area contributed by atoms with Crippen LogP contribution in [0.3, 0.4) is 0 Å². The fraction of sp³-hybridized carbons (Fsp3) is 0.158. The molecule has 0 atom stereocenters. The zero-order chi connectivity index (χ0) is 20.8. The second kappa shape index (κ2) is 9.69. The second-order valence-electron chi connectivity index (χ2n) is 5.92. The number of nitro groups is 1. The first kappa shape index (κ1) is 21.0. The summed E-state index contributed by atoms with van der Waals surface area (Å²) in [5.74, 6) is 0.314. The van der Waals surface area contributed by atoms with Crippen molar-refractivity contribution in [3.8, 4) is 17.0 Å². The molecule has 1 amide bonds. The number of aromatic nitrogens is 1. The van der Waals surface area contributed by atoms with Crippen molar-refractivity contribution in [1.29, 1.82) is 0 Å². The first-order valence-corrected chi connectivity index (χ1v) is 10.1. The van der Waals surface area contributed by atoms with E-state index in [1.165, 1.54) is 23.5 Å². The number of thiazole rings is 1. The van der Waals surface area contributed by atoms with Crippen molar-refractivity contribution < 1.29 is 14.5 Å². The molecule has 150 valence electrons. The molecule has 0 unspecified atom stereocenters. The molecule has 3 aromatic rings. The van der Waals surface area contributed by atoms with Gasteiger partial charge in [0.05, 0.1) is 22.2 Å². The maximum absolute atomic E-state index is 12.1. The number of carbonyl (C=O) groups excluding carboxylic acids is 1. The molecule has 0 fully saturated rings. The Kier molecular flexibility index (Phi) is 7.03. The molecule has 1 N–H and O–H groups in total. The van der Waals surface area contributed by atoms with E-state index in [1.807, 2.05) is 0 Å². The van der Waals surface area contributed by atoms with Crippen LogP contribution in [0.15, 0.2) is 47.8 Å². The van der Waals surface area contributed by atoms with E-state index in [9.17, 15) is 14.9 Å². The minimum atomic E-state index is -0.460. The summed E-state index contributed by atoms with van der Waals surface area (Å²) in [5, 5.41) is 16.7. The predicted molar refractivity (Wildman–Crippen MR) is 114 cm³/mol. The Morgan fingerprint density at radius 1 is 1.24 bits per heavy atom. The Hall–Kier alpha value is -2.68. The lowest BCUT2D eigenvalue weighted by Crippen LogP contribution is -2.12. The normalized spacial score (nSPS) is 10.6. The highest BCUT2D eigenvalue weighted by atomic mass is 35.5. The van der Waals surface area contributed by atoms with Crippen LogP contribution < -0.4 is 10.1 Å². The number of hydrogen-bond acceptors (Lipinski definition) is 6. The summed E-state index contributed by atoms with van der Waals surface area (Å²) in [4.78, 5) is 26.8. The summed E-state index contributed by atoms with van der Waals surface area (Å²) in [6.07, 6.45) is 0.741. The van der Waals surface area contributed by atoms with Gasteiger partial charge in [-0.15, -0.1) is 11.3 Å². The molecule has 0 aliphatic heterocycles. The number of rotatable bonds is 8. The number of benzene rings is 2. The van der Waals surface area contributed by atoms with Crippen molar-refractivity contribution in [3.63, 3.8) is 0 Å². The fourth-order valence-electron chi connectivity index (χ4n) is 2.43. The molecule has 0 saturated heterocycles. The average molecular weight is 452 g/mol. The minimum Gasteiger partial charge on any atom is -0.492 e. The lowest BCUT2D eigenvalue weighted by Gasteiger charge is -2.08. The SMILES string of the molecule is O=C(CCCOc1ccc(Cl)cc1Cl)Nc1nc(-c2cccc([N+](=O)[O-])c2)cs1. The third kappa shape index (κ3) is 5.90. The highest BCUT2D eigenvalue weighted by Crippen LogP contribution is 2.28. The van der Waals surface area contributed by atoms with E-state index in [1.54, 1.807) is 35.7 Å². The van der Waals surface area contributed by atoms with Crippen molar-refractivity contribution >= 4 is 51.3 Å². The van der Waals surface area contributed by atoms with Crippen molar-refractivity contribution in [2.24, 2.45) is 0 Å². The highest BCUT2D eigenvalue weighted by Gasteiger charge is 2.11. The monoisotopic (exact) mass is 451 g/mol. The molecule has 2 aromatic carbocycles. The molecule has 0 aliphatic carbocycles. The molecule has 3 rings (SSSR count). The molecule has 1 heterocycles. The molecular weight excluding hydrogens is 437 g/mol. The fourth-order valence-corrected chi connectivity index (χ4v) is 3.63. The molecular formula is C19H15Cl2N3O4S. The smallest absolute Gasteiger partial charge is 0.270 e. The number of carbonyl (C=O) groups is 1. The van der Waals surface area contributed by atoms with Crippen LogP contribution in [-0.2, 0) is 4.79 Å². The van der Waals surface area contributed by atoms with Gasteiger partial charge >= 0.3 is 0 Å². The summed E-state index contributed by atoms with van der Waals surface area (Å²) in [6, 6.07) is 11.1. The number of non-ortho nitro benzene ring substituents is 1. The molecule has 1 aromatic heterocycles. The van der Waals surface area contributed by atoms with Gasteiger partial charge in [0.25, 0.3) is 5.69 Å². The largest absolute Gasteiger partial charge is 0.492 e. The van der Waals surface area contributed by atoms with Crippen LogP contribution in [0.4, 0.5) is 10.8 Å². The lowest BCUT2D eigenvalue weighted by molar-refractivity contribution is -0.384. The maximum Gasteiger partial charge on any atom is 0.270 e. The Labute approximate surface area is 180 Å². The van der Waals surface area contributed by atoms with Gasteiger partial charge in [-0.3, -0.25) is 14.9 Å². The van der Waals surface area contributed by atoms with Crippen molar-refractivity contribution in [2.45, 2.75) is 12.8 Å². The van der Waals surface area contributed by atoms with Gasteiger partial charge in [-0.1, -0.05) is 35.3 Å². The van der Waals surface area contributed by atoms with Crippen LogP contribution in [0.1, 0.15) is 12.8 Å². The van der Waals surface area contributed by atoms with E-state index >= 15 is 0 Å². The topological polar surface area (TPSA) is 94.4 Å². The molecule has 29 heavy (non-hydrogen) atoms. The number of ether oxygens (including phenoxy) is 1. The molecule has 7 nitrogen and oxygen atoms in total. The van der Waals surface area contributed by atoms with Crippen LogP contribution in [0, 0.1) is 10.1 Å². The van der Waals surface area contributed by atoms with Crippen LogP contribution in [-0.4, -0.2) is 22.4 Å². The van der Waals surface area contributed by atoms with Gasteiger partial charge in [0, 0.05) is 34.5 Å². The molecule has 0 saturated carbocycles. The van der Waals surface area contributed by atoms with E-state index in [0.717, 1.165) is 0 Å². The van der Waals surface area contributed by atoms with Gasteiger partial charge in [-0.25, -0.2) is 4.98 Å². The van der Waals surface area contributed by atoms with E-state index in [4.69, 9.17) is 27.9 Å². The van der Waals surface area contributed by atoms with Gasteiger partial charge < -0.3 is 10.1 Å². The number of nitrogens with one attached hydrogen (secondary N) is 1. The summed E-state index contributed by atoms with van der Waals surface area (Å²) in [5.41, 5.74) is 1.17. The van der Waals surface area contributed by atoms with Crippen LogP contribution in [0.25, 0.3) is 11.3 Å². The van der Waals surface area contributed by atoms with E-state index < -0.39 is 4.92 Å². The first-order valence-electron chi connectivity index (χ1n) is 8.50. The molecule has 10 heteroatoms. The van der Waals surface area contributed by atoms with Crippen molar-refractivity contribution in [3.05, 3.63) is 68.0 Å². The van der Waals surface area contributed by atoms with Crippen LogP contribution >= 0.6 is 34.5 Å². The summed E-state index contributed by atoms with van der Waals surface area (Å²) < 4.78 is 5.55. The zero-order valence-electron chi connectivity index (χ0n) is 14.9. The van der Waals surface area contributed by atoms with Gasteiger partial charge in [0.2, 0.25) is 5.91 Å². The molecule has 0 radical (unpaired) electrons. The molecule has 0 bridgehead atoms. The van der Waals surface area contributed by atoms with E-state index in [-0.39, 0.29) is 18.0 Å². The Balaban J connectivity index is 1.49. The summed E-state index contributed by atoms with van der Waals surface area (Å²) in [7, 11) is 0. The number of amides is 1. The minimum absolute atomic E-state index is 0.0122. The quantitative estimate of drug-likeness (QED) is 0.264. The maximum atomic E-state index is 12.1. The first-order chi connectivity index (χ1) is 13.9. The van der Waals surface area contributed by atoms with E-state index in [0.29, 0.717) is 45.2 Å². The van der Waals surface area contributed by atoms with Gasteiger partial charge in [0.1, 0.15) is 5.75 Å². The number of hydrogen-bond donors (Lipinski definition) is 1. The van der Waals surface area contributed by atoms with Crippen LogP contribution in [0.2, 0.25) is 10.0 Å². The van der Waals surface area contributed by atoms with Gasteiger partial charge in [0.15, 0.2) is 5.13 Å². The number of halogens is 2. The summed E-state index contributed by atoms with van der Waals surface area (Å²) in [6.45, 7) is 0.325. The highest BCUT2D eigenvalue weighted by molar-refractivity contribution is 7.14. The lowest BCUT2D eigenvalue weighted by atomic mass is 10.1. The standard InChI is InChI=1S/C19H15Cl2N3O4S/c20-13-6-7-17(15(21)10-13)28-8-2-5-18(25)23-19-22-16(11-29-19)12-3-1-4-14(9-12)24(26)27/h1,3-4,6-7,9-11H,2,5,8H2,(H,22,23,25). The Morgan fingerprint density at radius 3 is 2.83 bits per heavy atom. The van der Waals surface area contributed by atoms with E-state index in [2.05, 4.69) is 10.3 Å². The zero-order valence-corrected chi connectivity index (χ0v) is 17.3. The van der Waals surface area contributed by atoms with Crippen molar-refractivity contribution in [1.82, 2.24) is 4.98 Å². The third-order valence-electron chi connectivity index (χ3n) is 3.80. The third-order valence-corrected chi connectivity index (χ3v) is 5.09. The number of anilines is 1. The van der Waals surface area contributed by atoms with Crippen molar-refractivity contribution in [2.75, 3.05) is 11.9 Å². The molecule has 0 spiro atoms.